The molecule has 1 aromatic rings. The van der Waals surface area contributed by atoms with Gasteiger partial charge in [-0.3, -0.25) is 0 Å². The molecule has 1 fully saturated rings. The van der Waals surface area contributed by atoms with Gasteiger partial charge in [0, 0.05) is 0 Å². The number of piperidine rings is 1. The van der Waals surface area contributed by atoms with Gasteiger partial charge in [-0.1, -0.05) is 44.0 Å². The van der Waals surface area contributed by atoms with Gasteiger partial charge in [-0.25, -0.2) is 0 Å². The molecule has 0 unspecified atom stereocenters. The zero-order valence-corrected chi connectivity index (χ0v) is 11.0. The minimum atomic E-state index is 0.793. The van der Waals surface area contributed by atoms with Crippen molar-refractivity contribution in [3.63, 3.8) is 0 Å². The highest BCUT2D eigenvalue weighted by Gasteiger charge is 2.14. The van der Waals surface area contributed by atoms with E-state index in [1.165, 1.54) is 57.2 Å². The van der Waals surface area contributed by atoms with Crippen molar-refractivity contribution in [2.45, 2.75) is 51.4 Å². The Bertz CT molecular complexity index is 309. The first-order chi connectivity index (χ1) is 8.40. The smallest absolute Gasteiger partial charge is 0.00431 e. The van der Waals surface area contributed by atoms with E-state index in [2.05, 4.69) is 36.5 Å². The topological polar surface area (TPSA) is 12.0 Å². The van der Waals surface area contributed by atoms with Crippen molar-refractivity contribution in [1.29, 1.82) is 0 Å². The maximum atomic E-state index is 3.43. The monoisotopic (exact) mass is 231 g/mol. The summed E-state index contributed by atoms with van der Waals surface area (Å²) in [6, 6.07) is 9.40. The number of benzene rings is 1. The second-order valence-electron chi connectivity index (χ2n) is 5.22. The number of unbranched alkanes of at least 4 members (excludes halogenated alkanes) is 2. The molecule has 0 amide bonds. The van der Waals surface area contributed by atoms with Crippen LogP contribution in [0.3, 0.4) is 0 Å². The zero-order chi connectivity index (χ0) is 11.9. The molecule has 1 heteroatoms. The largest absolute Gasteiger partial charge is 0.317 e. The molecule has 0 spiro atoms. The summed E-state index contributed by atoms with van der Waals surface area (Å²) in [5, 5.41) is 3.43. The van der Waals surface area contributed by atoms with Crippen LogP contribution in [-0.2, 0) is 6.42 Å². The summed E-state index contributed by atoms with van der Waals surface area (Å²) < 4.78 is 0. The molecule has 0 aliphatic carbocycles. The molecule has 0 radical (unpaired) electrons. The molecule has 17 heavy (non-hydrogen) atoms. The second kappa shape index (κ2) is 6.80. The lowest BCUT2D eigenvalue weighted by Gasteiger charge is -2.23. The Hall–Kier alpha value is -0.820. The molecule has 1 N–H and O–H groups in total. The van der Waals surface area contributed by atoms with Crippen LogP contribution < -0.4 is 5.32 Å². The van der Waals surface area contributed by atoms with E-state index in [9.17, 15) is 0 Å². The fourth-order valence-electron chi connectivity index (χ4n) is 2.69. The lowest BCUT2D eigenvalue weighted by atomic mass is 9.89. The second-order valence-corrected chi connectivity index (χ2v) is 5.22. The summed E-state index contributed by atoms with van der Waals surface area (Å²) in [6.45, 7) is 4.63. The van der Waals surface area contributed by atoms with Crippen LogP contribution in [0.5, 0.6) is 0 Å². The molecule has 1 aromatic carbocycles. The first-order valence-corrected chi connectivity index (χ1v) is 7.19. The standard InChI is InChI=1S/C16H25N/c1-2-3-4-5-14-6-8-15(9-7-14)16-10-12-17-13-11-16/h6-9,16-17H,2-5,10-13H2,1H3. The predicted octanol–water partition coefficient (Wildman–Crippen LogP) is 3.89. The van der Waals surface area contributed by atoms with E-state index in [4.69, 9.17) is 0 Å². The third kappa shape index (κ3) is 3.85. The molecule has 0 saturated carbocycles. The van der Waals surface area contributed by atoms with Crippen LogP contribution in [0.2, 0.25) is 0 Å². The van der Waals surface area contributed by atoms with E-state index in [1.807, 2.05) is 0 Å². The van der Waals surface area contributed by atoms with Crippen LogP contribution >= 0.6 is 0 Å². The Labute approximate surface area is 106 Å². The van der Waals surface area contributed by atoms with E-state index in [-0.39, 0.29) is 0 Å². The molecule has 0 aromatic heterocycles. The first-order valence-electron chi connectivity index (χ1n) is 7.19. The Kier molecular flexibility index (Phi) is 5.06. The van der Waals surface area contributed by atoms with Gasteiger partial charge >= 0.3 is 0 Å². The van der Waals surface area contributed by atoms with Gasteiger partial charge in [-0.05, 0) is 55.8 Å². The molecule has 1 aliphatic heterocycles. The van der Waals surface area contributed by atoms with Crippen molar-refractivity contribution in [2.24, 2.45) is 0 Å². The van der Waals surface area contributed by atoms with Crippen molar-refractivity contribution in [3.8, 4) is 0 Å². The van der Waals surface area contributed by atoms with Crippen LogP contribution in [0.15, 0.2) is 24.3 Å². The molecular weight excluding hydrogens is 206 g/mol. The van der Waals surface area contributed by atoms with E-state index >= 15 is 0 Å². The molecule has 2 rings (SSSR count). The lowest BCUT2D eigenvalue weighted by molar-refractivity contribution is 0.460. The Balaban J connectivity index is 1.88. The third-order valence-corrected chi connectivity index (χ3v) is 3.86. The quantitative estimate of drug-likeness (QED) is 0.758. The number of hydrogen-bond donors (Lipinski definition) is 1. The minimum Gasteiger partial charge on any atom is -0.317 e. The number of hydrogen-bond acceptors (Lipinski definition) is 1. The van der Waals surface area contributed by atoms with Crippen molar-refractivity contribution in [1.82, 2.24) is 5.32 Å². The minimum absolute atomic E-state index is 0.793. The molecule has 1 heterocycles. The van der Waals surface area contributed by atoms with Crippen LogP contribution in [0, 0.1) is 0 Å². The molecular formula is C16H25N. The SMILES string of the molecule is CCCCCc1ccc(C2CCNCC2)cc1. The molecule has 0 atom stereocenters. The van der Waals surface area contributed by atoms with Crippen molar-refractivity contribution in [3.05, 3.63) is 35.4 Å². The lowest BCUT2D eigenvalue weighted by Crippen LogP contribution is -2.26. The van der Waals surface area contributed by atoms with Crippen molar-refractivity contribution in [2.75, 3.05) is 13.1 Å². The highest BCUT2D eigenvalue weighted by molar-refractivity contribution is 5.26. The van der Waals surface area contributed by atoms with E-state index in [0.29, 0.717) is 0 Å². The predicted molar refractivity (Wildman–Crippen MR) is 74.5 cm³/mol. The van der Waals surface area contributed by atoms with Crippen LogP contribution in [0.25, 0.3) is 0 Å². The normalized spacial score (nSPS) is 17.2. The van der Waals surface area contributed by atoms with Gasteiger partial charge in [-0.2, -0.15) is 0 Å². The van der Waals surface area contributed by atoms with Crippen molar-refractivity contribution >= 4 is 0 Å². The van der Waals surface area contributed by atoms with Gasteiger partial charge in [0.25, 0.3) is 0 Å². The fraction of sp³-hybridized carbons (Fsp3) is 0.625. The Morgan fingerprint density at radius 1 is 1.06 bits per heavy atom. The van der Waals surface area contributed by atoms with Crippen molar-refractivity contribution < 1.29 is 0 Å². The Morgan fingerprint density at radius 3 is 2.41 bits per heavy atom. The Morgan fingerprint density at radius 2 is 1.76 bits per heavy atom. The molecule has 1 nitrogen and oxygen atoms in total. The maximum absolute atomic E-state index is 3.43. The van der Waals surface area contributed by atoms with E-state index in [0.717, 1.165) is 5.92 Å². The first kappa shape index (κ1) is 12.6. The number of aryl methyl sites for hydroxylation is 1. The van der Waals surface area contributed by atoms with Crippen LogP contribution in [0.1, 0.15) is 56.1 Å². The van der Waals surface area contributed by atoms with Gasteiger partial charge in [0.1, 0.15) is 0 Å². The summed E-state index contributed by atoms with van der Waals surface area (Å²) in [4.78, 5) is 0. The summed E-state index contributed by atoms with van der Waals surface area (Å²) >= 11 is 0. The molecule has 1 saturated heterocycles. The average molecular weight is 231 g/mol. The highest BCUT2D eigenvalue weighted by atomic mass is 14.9. The molecule has 94 valence electrons. The van der Waals surface area contributed by atoms with E-state index in [1.54, 1.807) is 5.56 Å². The fourth-order valence-corrected chi connectivity index (χ4v) is 2.69. The van der Waals surface area contributed by atoms with Gasteiger partial charge in [0.05, 0.1) is 0 Å². The van der Waals surface area contributed by atoms with E-state index < -0.39 is 0 Å². The summed E-state index contributed by atoms with van der Waals surface area (Å²) in [7, 11) is 0. The summed E-state index contributed by atoms with van der Waals surface area (Å²) in [5.41, 5.74) is 3.06. The van der Waals surface area contributed by atoms with Gasteiger partial charge < -0.3 is 5.32 Å². The number of nitrogens with one attached hydrogen (secondary N) is 1. The summed E-state index contributed by atoms with van der Waals surface area (Å²) in [6.07, 6.45) is 7.86. The molecule has 1 aliphatic rings. The van der Waals surface area contributed by atoms with Gasteiger partial charge in [0.15, 0.2) is 0 Å². The number of rotatable bonds is 5. The zero-order valence-electron chi connectivity index (χ0n) is 11.0. The summed E-state index contributed by atoms with van der Waals surface area (Å²) in [5.74, 6) is 0.793. The van der Waals surface area contributed by atoms with Crippen LogP contribution in [-0.4, -0.2) is 13.1 Å². The van der Waals surface area contributed by atoms with Gasteiger partial charge in [-0.15, -0.1) is 0 Å². The highest BCUT2D eigenvalue weighted by Crippen LogP contribution is 2.25. The maximum Gasteiger partial charge on any atom is -0.00431 e. The van der Waals surface area contributed by atoms with Gasteiger partial charge in [0.2, 0.25) is 0 Å². The molecule has 0 bridgehead atoms. The van der Waals surface area contributed by atoms with Crippen LogP contribution in [0.4, 0.5) is 0 Å². The third-order valence-electron chi connectivity index (χ3n) is 3.86. The average Bonchev–Trinajstić information content (AvgIpc) is 2.41.